The maximum Gasteiger partial charge on any atom is 0.315 e. The molecular formula is C14H26N2O3. The van der Waals surface area contributed by atoms with Crippen LogP contribution < -0.4 is 10.6 Å². The minimum atomic E-state index is -0.751. The van der Waals surface area contributed by atoms with Gasteiger partial charge in [0.15, 0.2) is 0 Å². The van der Waals surface area contributed by atoms with E-state index in [1.165, 1.54) is 0 Å². The molecular weight excluding hydrogens is 244 g/mol. The second kappa shape index (κ2) is 6.78. The van der Waals surface area contributed by atoms with Gasteiger partial charge < -0.3 is 15.7 Å². The Hall–Kier alpha value is -1.26. The van der Waals surface area contributed by atoms with Crippen LogP contribution in [-0.2, 0) is 4.79 Å². The molecule has 5 nitrogen and oxygen atoms in total. The fourth-order valence-corrected chi connectivity index (χ4v) is 2.23. The molecule has 2 amide bonds. The first-order valence-electron chi connectivity index (χ1n) is 7.11. The summed E-state index contributed by atoms with van der Waals surface area (Å²) in [6.45, 7) is 6.94. The Balaban J connectivity index is 2.34. The summed E-state index contributed by atoms with van der Waals surface area (Å²) in [5, 5.41) is 14.8. The van der Waals surface area contributed by atoms with E-state index in [1.54, 1.807) is 0 Å². The monoisotopic (exact) mass is 270 g/mol. The highest BCUT2D eigenvalue weighted by atomic mass is 16.4. The van der Waals surface area contributed by atoms with Gasteiger partial charge in [0.05, 0.1) is 5.92 Å². The first kappa shape index (κ1) is 15.8. The van der Waals surface area contributed by atoms with E-state index in [2.05, 4.69) is 31.4 Å². The molecule has 1 fully saturated rings. The summed E-state index contributed by atoms with van der Waals surface area (Å²) in [7, 11) is 0. The van der Waals surface area contributed by atoms with Crippen LogP contribution in [0.1, 0.15) is 52.9 Å². The van der Waals surface area contributed by atoms with E-state index in [0.29, 0.717) is 13.0 Å². The number of rotatable bonds is 5. The van der Waals surface area contributed by atoms with Crippen molar-refractivity contribution in [2.24, 2.45) is 11.3 Å². The van der Waals surface area contributed by atoms with Gasteiger partial charge in [-0.3, -0.25) is 4.79 Å². The molecule has 19 heavy (non-hydrogen) atoms. The SMILES string of the molecule is CCC(C)(C)CNC(=O)NC1CCCC(C(=O)O)C1. The summed E-state index contributed by atoms with van der Waals surface area (Å²) >= 11 is 0. The average Bonchev–Trinajstić information content (AvgIpc) is 2.37. The minimum Gasteiger partial charge on any atom is -0.481 e. The number of carboxylic acid groups (broad SMARTS) is 1. The molecule has 0 saturated heterocycles. The minimum absolute atomic E-state index is 0.0143. The van der Waals surface area contributed by atoms with Gasteiger partial charge in [-0.25, -0.2) is 4.79 Å². The van der Waals surface area contributed by atoms with Crippen molar-refractivity contribution in [1.82, 2.24) is 10.6 Å². The molecule has 2 unspecified atom stereocenters. The first-order chi connectivity index (χ1) is 8.84. The number of nitrogens with one attached hydrogen (secondary N) is 2. The van der Waals surface area contributed by atoms with Crippen LogP contribution >= 0.6 is 0 Å². The normalized spacial score (nSPS) is 23.7. The summed E-state index contributed by atoms with van der Waals surface area (Å²) in [6.07, 6.45) is 3.99. The molecule has 1 saturated carbocycles. The van der Waals surface area contributed by atoms with Gasteiger partial charge in [0.1, 0.15) is 0 Å². The third kappa shape index (κ3) is 5.49. The lowest BCUT2D eigenvalue weighted by molar-refractivity contribution is -0.143. The van der Waals surface area contributed by atoms with Crippen molar-refractivity contribution in [3.05, 3.63) is 0 Å². The standard InChI is InChI=1S/C14H26N2O3/c1-4-14(2,3)9-15-13(19)16-11-7-5-6-10(8-11)12(17)18/h10-11H,4-9H2,1-3H3,(H,17,18)(H2,15,16,19). The zero-order valence-electron chi connectivity index (χ0n) is 12.2. The third-order valence-electron chi connectivity index (χ3n) is 4.04. The third-order valence-corrected chi connectivity index (χ3v) is 4.04. The van der Waals surface area contributed by atoms with Gasteiger partial charge in [-0.1, -0.05) is 27.2 Å². The average molecular weight is 270 g/mol. The number of amides is 2. The van der Waals surface area contributed by atoms with Crippen LogP contribution in [0.25, 0.3) is 0 Å². The molecule has 0 aliphatic heterocycles. The van der Waals surface area contributed by atoms with Crippen LogP contribution in [0.5, 0.6) is 0 Å². The Morgan fingerprint density at radius 3 is 2.58 bits per heavy atom. The summed E-state index contributed by atoms with van der Waals surface area (Å²) in [5.74, 6) is -1.06. The van der Waals surface area contributed by atoms with Gasteiger partial charge in [0, 0.05) is 12.6 Å². The maximum atomic E-state index is 11.8. The maximum absolute atomic E-state index is 11.8. The van der Waals surface area contributed by atoms with E-state index in [4.69, 9.17) is 5.11 Å². The van der Waals surface area contributed by atoms with E-state index < -0.39 is 5.97 Å². The van der Waals surface area contributed by atoms with Crippen molar-refractivity contribution in [3.8, 4) is 0 Å². The second-order valence-corrected chi connectivity index (χ2v) is 6.24. The van der Waals surface area contributed by atoms with Crippen molar-refractivity contribution in [2.45, 2.75) is 58.9 Å². The molecule has 1 aliphatic rings. The van der Waals surface area contributed by atoms with Gasteiger partial charge in [0.25, 0.3) is 0 Å². The number of hydrogen-bond acceptors (Lipinski definition) is 2. The molecule has 0 aromatic carbocycles. The smallest absolute Gasteiger partial charge is 0.315 e. The number of urea groups is 1. The zero-order chi connectivity index (χ0) is 14.5. The summed E-state index contributed by atoms with van der Waals surface area (Å²) in [6, 6.07) is -0.197. The molecule has 1 rings (SSSR count). The van der Waals surface area contributed by atoms with E-state index in [0.717, 1.165) is 25.7 Å². The highest BCUT2D eigenvalue weighted by molar-refractivity contribution is 5.74. The molecule has 110 valence electrons. The van der Waals surface area contributed by atoms with Crippen LogP contribution in [0.15, 0.2) is 0 Å². The summed E-state index contributed by atoms with van der Waals surface area (Å²) in [4.78, 5) is 22.7. The molecule has 2 atom stereocenters. The largest absolute Gasteiger partial charge is 0.481 e. The molecule has 5 heteroatoms. The number of carbonyl (C=O) groups excluding carboxylic acids is 1. The molecule has 0 radical (unpaired) electrons. The second-order valence-electron chi connectivity index (χ2n) is 6.24. The van der Waals surface area contributed by atoms with Crippen LogP contribution in [-0.4, -0.2) is 29.7 Å². The van der Waals surface area contributed by atoms with Crippen LogP contribution in [0, 0.1) is 11.3 Å². The Kier molecular flexibility index (Phi) is 5.63. The van der Waals surface area contributed by atoms with Crippen LogP contribution in [0.4, 0.5) is 4.79 Å². The number of carbonyl (C=O) groups is 2. The van der Waals surface area contributed by atoms with Crippen molar-refractivity contribution >= 4 is 12.0 Å². The molecule has 0 spiro atoms. The predicted octanol–water partition coefficient (Wildman–Crippen LogP) is 2.37. The van der Waals surface area contributed by atoms with E-state index in [-0.39, 0.29) is 23.4 Å². The zero-order valence-corrected chi connectivity index (χ0v) is 12.2. The van der Waals surface area contributed by atoms with Crippen molar-refractivity contribution in [3.63, 3.8) is 0 Å². The Morgan fingerprint density at radius 1 is 1.32 bits per heavy atom. The van der Waals surface area contributed by atoms with E-state index in [1.807, 2.05) is 0 Å². The predicted molar refractivity (Wildman–Crippen MR) is 74.0 cm³/mol. The van der Waals surface area contributed by atoms with Crippen molar-refractivity contribution in [1.29, 1.82) is 0 Å². The van der Waals surface area contributed by atoms with Crippen molar-refractivity contribution in [2.75, 3.05) is 6.54 Å². The molecule has 0 bridgehead atoms. The number of hydrogen-bond donors (Lipinski definition) is 3. The van der Waals surface area contributed by atoms with Gasteiger partial charge in [-0.05, 0) is 31.1 Å². The molecule has 1 aliphatic carbocycles. The van der Waals surface area contributed by atoms with Gasteiger partial charge in [-0.2, -0.15) is 0 Å². The number of aliphatic carboxylic acids is 1. The molecule has 0 heterocycles. The Morgan fingerprint density at radius 2 is 2.00 bits per heavy atom. The molecule has 3 N–H and O–H groups in total. The van der Waals surface area contributed by atoms with Crippen LogP contribution in [0.2, 0.25) is 0 Å². The Labute approximate surface area is 115 Å². The van der Waals surface area contributed by atoms with E-state index >= 15 is 0 Å². The number of carboxylic acids is 1. The fourth-order valence-electron chi connectivity index (χ4n) is 2.23. The Bertz CT molecular complexity index is 329. The highest BCUT2D eigenvalue weighted by Crippen LogP contribution is 2.24. The highest BCUT2D eigenvalue weighted by Gasteiger charge is 2.28. The lowest BCUT2D eigenvalue weighted by Crippen LogP contribution is -2.47. The van der Waals surface area contributed by atoms with Crippen molar-refractivity contribution < 1.29 is 14.7 Å². The summed E-state index contributed by atoms with van der Waals surface area (Å²) < 4.78 is 0. The summed E-state index contributed by atoms with van der Waals surface area (Å²) in [5.41, 5.74) is 0.0908. The molecule has 0 aromatic rings. The lowest BCUT2D eigenvalue weighted by Gasteiger charge is -2.28. The van der Waals surface area contributed by atoms with E-state index in [9.17, 15) is 9.59 Å². The quantitative estimate of drug-likeness (QED) is 0.717. The van der Waals surface area contributed by atoms with Crippen LogP contribution in [0.3, 0.4) is 0 Å². The first-order valence-corrected chi connectivity index (χ1v) is 7.11. The van der Waals surface area contributed by atoms with Gasteiger partial charge >= 0.3 is 12.0 Å². The van der Waals surface area contributed by atoms with Gasteiger partial charge in [0.2, 0.25) is 0 Å². The topological polar surface area (TPSA) is 78.4 Å². The fraction of sp³-hybridized carbons (Fsp3) is 0.857. The lowest BCUT2D eigenvalue weighted by atomic mass is 9.86. The molecule has 0 aromatic heterocycles. The van der Waals surface area contributed by atoms with Gasteiger partial charge in [-0.15, -0.1) is 0 Å².